The lowest BCUT2D eigenvalue weighted by atomic mass is 10.0. The molecule has 100 valence electrons. The first-order valence-corrected chi connectivity index (χ1v) is 7.99. The van der Waals surface area contributed by atoms with Crippen molar-refractivity contribution < 1.29 is 0 Å². The van der Waals surface area contributed by atoms with E-state index in [-0.39, 0.29) is 0 Å². The third-order valence-corrected chi connectivity index (χ3v) is 4.67. The number of benzene rings is 1. The van der Waals surface area contributed by atoms with Crippen molar-refractivity contribution in [1.82, 2.24) is 5.32 Å². The molecule has 0 fully saturated rings. The Kier molecular flexibility index (Phi) is 7.20. The molecule has 1 aromatic rings. The van der Waals surface area contributed by atoms with Crippen LogP contribution in [0.5, 0.6) is 0 Å². The highest BCUT2D eigenvalue weighted by atomic mass is 79.9. The van der Waals surface area contributed by atoms with Gasteiger partial charge in [-0.25, -0.2) is 0 Å². The van der Waals surface area contributed by atoms with E-state index in [9.17, 15) is 0 Å². The number of halogens is 2. The topological polar surface area (TPSA) is 12.0 Å². The molecule has 3 heteroatoms. The number of hydrogen-bond donors (Lipinski definition) is 1. The monoisotopic (exact) mass is 373 g/mol. The smallest absolute Gasteiger partial charge is 0.0323 e. The van der Waals surface area contributed by atoms with Crippen LogP contribution in [0.1, 0.15) is 32.8 Å². The lowest BCUT2D eigenvalue weighted by Gasteiger charge is -2.13. The maximum absolute atomic E-state index is 3.55. The summed E-state index contributed by atoms with van der Waals surface area (Å²) in [4.78, 5) is 0. The highest BCUT2D eigenvalue weighted by molar-refractivity contribution is 9.13. The Hall–Kier alpha value is -0.120. The van der Waals surface area contributed by atoms with Gasteiger partial charge in [-0.2, -0.15) is 0 Å². The van der Waals surface area contributed by atoms with E-state index < -0.39 is 0 Å². The molecule has 18 heavy (non-hydrogen) atoms. The Morgan fingerprint density at radius 2 is 2.00 bits per heavy atom. The first-order valence-electron chi connectivity index (χ1n) is 6.40. The van der Waals surface area contributed by atoms with Gasteiger partial charge in [0.1, 0.15) is 0 Å². The minimum Gasteiger partial charge on any atom is -0.313 e. The van der Waals surface area contributed by atoms with Crippen LogP contribution in [0.2, 0.25) is 0 Å². The van der Waals surface area contributed by atoms with E-state index in [2.05, 4.69) is 82.2 Å². The molecule has 1 rings (SSSR count). The molecule has 0 spiro atoms. The summed E-state index contributed by atoms with van der Waals surface area (Å²) >= 11 is 7.04. The Bertz CT molecular complexity index is 411. The van der Waals surface area contributed by atoms with E-state index in [1.165, 1.54) is 17.6 Å². The van der Waals surface area contributed by atoms with E-state index in [0.29, 0.717) is 5.92 Å². The largest absolute Gasteiger partial charge is 0.313 e. The van der Waals surface area contributed by atoms with Crippen LogP contribution < -0.4 is 5.32 Å². The molecule has 0 heterocycles. The van der Waals surface area contributed by atoms with Crippen LogP contribution in [0.4, 0.5) is 0 Å². The van der Waals surface area contributed by atoms with Crippen molar-refractivity contribution in [3.63, 3.8) is 0 Å². The van der Waals surface area contributed by atoms with Crippen LogP contribution in [0.15, 0.2) is 32.7 Å². The fourth-order valence-electron chi connectivity index (χ4n) is 1.65. The quantitative estimate of drug-likeness (QED) is 0.670. The normalized spacial score (nSPS) is 12.2. The second kappa shape index (κ2) is 8.13. The van der Waals surface area contributed by atoms with Crippen molar-refractivity contribution in [2.75, 3.05) is 13.1 Å². The molecule has 1 N–H and O–H groups in total. The van der Waals surface area contributed by atoms with Crippen molar-refractivity contribution >= 4 is 37.9 Å². The van der Waals surface area contributed by atoms with E-state index in [4.69, 9.17) is 0 Å². The molecular formula is C15H21Br2N. The maximum Gasteiger partial charge on any atom is 0.0323 e. The van der Waals surface area contributed by atoms with Gasteiger partial charge in [-0.15, -0.1) is 0 Å². The Balaban J connectivity index is 2.83. The van der Waals surface area contributed by atoms with E-state index in [1.54, 1.807) is 0 Å². The predicted molar refractivity (Wildman–Crippen MR) is 87.8 cm³/mol. The summed E-state index contributed by atoms with van der Waals surface area (Å²) < 4.78 is 2.19. The fraction of sp³-hybridized carbons (Fsp3) is 0.467. The summed E-state index contributed by atoms with van der Waals surface area (Å²) in [5, 5.41) is 3.47. The summed E-state index contributed by atoms with van der Waals surface area (Å²) in [6.07, 6.45) is 3.46. The van der Waals surface area contributed by atoms with Crippen LogP contribution in [-0.4, -0.2) is 13.1 Å². The molecule has 1 aromatic carbocycles. The highest BCUT2D eigenvalue weighted by Gasteiger charge is 2.04. The molecule has 0 amide bonds. The van der Waals surface area contributed by atoms with Gasteiger partial charge < -0.3 is 5.32 Å². The molecule has 0 aliphatic carbocycles. The van der Waals surface area contributed by atoms with Crippen molar-refractivity contribution in [2.24, 2.45) is 5.92 Å². The van der Waals surface area contributed by atoms with E-state index >= 15 is 0 Å². The molecule has 0 aliphatic rings. The van der Waals surface area contributed by atoms with E-state index in [0.717, 1.165) is 22.0 Å². The molecule has 0 saturated carbocycles. The molecule has 0 atom stereocenters. The van der Waals surface area contributed by atoms with Crippen LogP contribution in [0.3, 0.4) is 0 Å². The summed E-state index contributed by atoms with van der Waals surface area (Å²) in [5.74, 6) is 0.566. The van der Waals surface area contributed by atoms with Gasteiger partial charge in [0.25, 0.3) is 0 Å². The summed E-state index contributed by atoms with van der Waals surface area (Å²) in [6, 6.07) is 6.36. The molecule has 1 nitrogen and oxygen atoms in total. The Morgan fingerprint density at radius 3 is 2.56 bits per heavy atom. The lowest BCUT2D eigenvalue weighted by Crippen LogP contribution is -2.19. The Labute approximate surface area is 127 Å². The number of nitrogens with one attached hydrogen (secondary N) is 1. The zero-order chi connectivity index (χ0) is 13.5. The van der Waals surface area contributed by atoms with Crippen LogP contribution in [-0.2, 0) is 0 Å². The third kappa shape index (κ3) is 5.25. The summed E-state index contributed by atoms with van der Waals surface area (Å²) in [6.45, 7) is 8.73. The predicted octanol–water partition coefficient (Wildman–Crippen LogP) is 5.25. The van der Waals surface area contributed by atoms with Gasteiger partial charge in [0.2, 0.25) is 0 Å². The maximum atomic E-state index is 3.55. The summed E-state index contributed by atoms with van der Waals surface area (Å²) in [7, 11) is 0. The van der Waals surface area contributed by atoms with Gasteiger partial charge in [-0.1, -0.05) is 38.5 Å². The van der Waals surface area contributed by atoms with Gasteiger partial charge in [-0.3, -0.25) is 0 Å². The molecule has 0 aromatic heterocycles. The van der Waals surface area contributed by atoms with Crippen molar-refractivity contribution in [3.8, 4) is 0 Å². The SMILES string of the molecule is CCCNC/C(=C/c1ccc(Br)c(Br)c1)C(C)C. The average Bonchev–Trinajstić information content (AvgIpc) is 2.32. The van der Waals surface area contributed by atoms with E-state index in [1.807, 2.05) is 0 Å². The number of rotatable bonds is 6. The Morgan fingerprint density at radius 1 is 1.28 bits per heavy atom. The zero-order valence-corrected chi connectivity index (χ0v) is 14.4. The molecule has 0 radical (unpaired) electrons. The number of hydrogen-bond acceptors (Lipinski definition) is 1. The third-order valence-electron chi connectivity index (χ3n) is 2.79. The molecule has 0 saturated heterocycles. The average molecular weight is 375 g/mol. The zero-order valence-electron chi connectivity index (χ0n) is 11.3. The fourth-order valence-corrected chi connectivity index (χ4v) is 2.29. The molecule has 0 unspecified atom stereocenters. The van der Waals surface area contributed by atoms with Crippen molar-refractivity contribution in [1.29, 1.82) is 0 Å². The molecule has 0 bridgehead atoms. The van der Waals surface area contributed by atoms with Gasteiger partial charge in [0.05, 0.1) is 0 Å². The lowest BCUT2D eigenvalue weighted by molar-refractivity contribution is 0.657. The minimum atomic E-state index is 0.566. The van der Waals surface area contributed by atoms with Crippen molar-refractivity contribution in [2.45, 2.75) is 27.2 Å². The minimum absolute atomic E-state index is 0.566. The first-order chi connectivity index (χ1) is 8.54. The van der Waals surface area contributed by atoms with Crippen LogP contribution in [0.25, 0.3) is 6.08 Å². The van der Waals surface area contributed by atoms with Gasteiger partial charge in [0, 0.05) is 15.5 Å². The van der Waals surface area contributed by atoms with Gasteiger partial charge in [0.15, 0.2) is 0 Å². The second-order valence-corrected chi connectivity index (χ2v) is 6.43. The van der Waals surface area contributed by atoms with Gasteiger partial charge >= 0.3 is 0 Å². The second-order valence-electron chi connectivity index (χ2n) is 4.72. The first kappa shape index (κ1) is 15.9. The molecular weight excluding hydrogens is 354 g/mol. The van der Waals surface area contributed by atoms with Crippen LogP contribution >= 0.6 is 31.9 Å². The standard InChI is InChI=1S/C15H21Br2N/c1-4-7-18-10-13(11(2)3)8-12-5-6-14(16)15(17)9-12/h5-6,8-9,11,18H,4,7,10H2,1-3H3/b13-8-. The van der Waals surface area contributed by atoms with Gasteiger partial charge in [-0.05, 0) is 68.4 Å². The van der Waals surface area contributed by atoms with Crippen molar-refractivity contribution in [3.05, 3.63) is 38.3 Å². The highest BCUT2D eigenvalue weighted by Crippen LogP contribution is 2.25. The molecule has 0 aliphatic heterocycles. The van der Waals surface area contributed by atoms with Crippen LogP contribution in [0, 0.1) is 5.92 Å². The summed E-state index contributed by atoms with van der Waals surface area (Å²) in [5.41, 5.74) is 2.68.